The van der Waals surface area contributed by atoms with Gasteiger partial charge in [-0.05, 0) is 13.8 Å². The molecule has 1 saturated heterocycles. The van der Waals surface area contributed by atoms with Crippen LogP contribution >= 0.6 is 0 Å². The highest BCUT2D eigenvalue weighted by Gasteiger charge is 2.45. The Balaban J connectivity index is 1.42. The van der Waals surface area contributed by atoms with Crippen LogP contribution in [0.2, 0.25) is 0 Å². The summed E-state index contributed by atoms with van der Waals surface area (Å²) < 4.78 is 30.2. The van der Waals surface area contributed by atoms with Crippen LogP contribution in [0.1, 0.15) is 19.9 Å². The minimum atomic E-state index is -2.71. The molecule has 0 saturated carbocycles. The molecule has 1 aliphatic heterocycles. The zero-order valence-corrected chi connectivity index (χ0v) is 19.9. The topological polar surface area (TPSA) is 129 Å². The molecule has 14 heteroatoms. The zero-order valence-electron chi connectivity index (χ0n) is 19.9. The second-order valence-electron chi connectivity index (χ2n) is 8.68. The number of aryl methyl sites for hydroxylation is 1. The van der Waals surface area contributed by atoms with Gasteiger partial charge >= 0.3 is 5.69 Å². The largest absolute Gasteiger partial charge is 0.332 e. The number of hydrogen-bond donors (Lipinski definition) is 0. The molecule has 5 rings (SSSR count). The molecule has 1 fully saturated rings. The van der Waals surface area contributed by atoms with Crippen molar-refractivity contribution in [1.82, 2.24) is 38.6 Å². The molecule has 186 valence electrons. The van der Waals surface area contributed by atoms with Gasteiger partial charge in [0.15, 0.2) is 22.8 Å². The Morgan fingerprint density at radius 1 is 1.08 bits per heavy atom. The van der Waals surface area contributed by atoms with E-state index < -0.39 is 30.3 Å². The number of alkyl halides is 2. The third-order valence-electron chi connectivity index (χ3n) is 6.15. The van der Waals surface area contributed by atoms with E-state index in [0.29, 0.717) is 28.4 Å². The fraction of sp³-hybridized carbons (Fsp3) is 0.364. The predicted molar refractivity (Wildman–Crippen MR) is 128 cm³/mol. The van der Waals surface area contributed by atoms with Crippen LogP contribution in [-0.2, 0) is 14.1 Å². The van der Waals surface area contributed by atoms with Gasteiger partial charge in [0.05, 0.1) is 31.0 Å². The standard InChI is InChI=1S/C22H22F2N10O2/c1-12(13(2)34-11-28-18-16(34)19(35)32(4)21(36)31(18)3)29-15-5-6-25-17(30-15)14-7-26-20(27-8-14)33-9-22(23,24)10-33/h5-8,11,13H,9-10H2,1-4H3. The minimum Gasteiger partial charge on any atom is -0.329 e. The second kappa shape index (κ2) is 8.39. The second-order valence-corrected chi connectivity index (χ2v) is 8.68. The van der Waals surface area contributed by atoms with E-state index in [2.05, 4.69) is 29.9 Å². The Hall–Kier alpha value is -4.36. The Kier molecular flexibility index (Phi) is 5.45. The normalized spacial score (nSPS) is 16.3. The molecule has 5 heterocycles. The van der Waals surface area contributed by atoms with Gasteiger partial charge in [0.2, 0.25) is 5.95 Å². The average molecular weight is 496 g/mol. The van der Waals surface area contributed by atoms with Gasteiger partial charge < -0.3 is 9.47 Å². The molecular formula is C22H22F2N10O2. The highest BCUT2D eigenvalue weighted by Crippen LogP contribution is 2.30. The molecule has 1 unspecified atom stereocenters. The maximum absolute atomic E-state index is 13.1. The lowest BCUT2D eigenvalue weighted by Crippen LogP contribution is -2.57. The van der Waals surface area contributed by atoms with E-state index in [9.17, 15) is 18.4 Å². The number of hydrogen-bond acceptors (Lipinski definition) is 9. The van der Waals surface area contributed by atoms with E-state index in [1.807, 2.05) is 6.92 Å². The summed E-state index contributed by atoms with van der Waals surface area (Å²) in [5.74, 6) is -1.78. The van der Waals surface area contributed by atoms with E-state index in [1.54, 1.807) is 30.8 Å². The van der Waals surface area contributed by atoms with Crippen LogP contribution in [-0.4, -0.2) is 63.3 Å². The molecule has 12 nitrogen and oxygen atoms in total. The van der Waals surface area contributed by atoms with Crippen molar-refractivity contribution in [1.29, 1.82) is 0 Å². The van der Waals surface area contributed by atoms with Crippen molar-refractivity contribution < 1.29 is 8.78 Å². The number of anilines is 1. The van der Waals surface area contributed by atoms with E-state index >= 15 is 0 Å². The molecule has 4 aromatic rings. The van der Waals surface area contributed by atoms with Gasteiger partial charge in [0.25, 0.3) is 11.5 Å². The maximum Gasteiger partial charge on any atom is 0.332 e. The predicted octanol–water partition coefficient (Wildman–Crippen LogP) is 1.49. The summed E-state index contributed by atoms with van der Waals surface area (Å²) in [6.45, 7) is 2.85. The van der Waals surface area contributed by atoms with Crippen molar-refractivity contribution >= 4 is 28.6 Å². The van der Waals surface area contributed by atoms with Gasteiger partial charge in [-0.1, -0.05) is 0 Å². The summed E-state index contributed by atoms with van der Waals surface area (Å²) in [5, 5.41) is 0. The number of halogens is 2. The molecule has 0 radical (unpaired) electrons. The highest BCUT2D eigenvalue weighted by molar-refractivity contribution is 5.89. The van der Waals surface area contributed by atoms with Crippen LogP contribution in [0.5, 0.6) is 0 Å². The lowest BCUT2D eigenvalue weighted by atomic mass is 10.2. The first-order chi connectivity index (χ1) is 17.1. The summed E-state index contributed by atoms with van der Waals surface area (Å²) in [6, 6.07) is 1.27. The molecule has 36 heavy (non-hydrogen) atoms. The summed E-state index contributed by atoms with van der Waals surface area (Å²) in [6.07, 6.45) is 6.01. The Bertz CT molecular complexity index is 1610. The first-order valence-corrected chi connectivity index (χ1v) is 11.0. The van der Waals surface area contributed by atoms with Crippen molar-refractivity contribution in [3.8, 4) is 11.4 Å². The van der Waals surface area contributed by atoms with Gasteiger partial charge in [-0.2, -0.15) is 0 Å². The molecule has 0 bridgehead atoms. The van der Waals surface area contributed by atoms with Crippen LogP contribution in [0.25, 0.3) is 22.6 Å². The van der Waals surface area contributed by atoms with E-state index in [1.165, 1.54) is 35.2 Å². The first kappa shape index (κ1) is 23.4. The lowest BCUT2D eigenvalue weighted by molar-refractivity contribution is -0.0271. The molecule has 4 aromatic heterocycles. The van der Waals surface area contributed by atoms with Crippen LogP contribution in [0.3, 0.4) is 0 Å². The summed E-state index contributed by atoms with van der Waals surface area (Å²) in [5.41, 5.74) is 0.836. The fourth-order valence-corrected chi connectivity index (χ4v) is 3.94. The van der Waals surface area contributed by atoms with Crippen molar-refractivity contribution in [3.63, 3.8) is 0 Å². The van der Waals surface area contributed by atoms with Gasteiger partial charge in [-0.3, -0.25) is 13.9 Å². The third kappa shape index (κ3) is 3.93. The molecule has 0 spiro atoms. The van der Waals surface area contributed by atoms with Gasteiger partial charge in [0.1, 0.15) is 0 Å². The average Bonchev–Trinajstić information content (AvgIpc) is 3.30. The number of fused-ring (bicyclic) bond motifs is 1. The molecule has 1 atom stereocenters. The summed E-state index contributed by atoms with van der Waals surface area (Å²) in [7, 11) is 2.98. The smallest absolute Gasteiger partial charge is 0.329 e. The number of rotatable bonds is 5. The number of imidazole rings is 1. The van der Waals surface area contributed by atoms with Gasteiger partial charge in [-0.25, -0.2) is 43.5 Å². The SMILES string of the molecule is CC(=Nc1ccnc(-c2cnc(N3CC(F)(F)C3)nc2)n1)C(C)n1cnc2c1c(=O)n(C)c(=O)n2C. The highest BCUT2D eigenvalue weighted by atomic mass is 19.3. The monoisotopic (exact) mass is 496 g/mol. The summed E-state index contributed by atoms with van der Waals surface area (Å²) >= 11 is 0. The molecule has 0 aliphatic carbocycles. The maximum atomic E-state index is 13.1. The minimum absolute atomic E-state index is 0.222. The fourth-order valence-electron chi connectivity index (χ4n) is 3.94. The van der Waals surface area contributed by atoms with Crippen LogP contribution < -0.4 is 16.1 Å². The van der Waals surface area contributed by atoms with Crippen LogP contribution in [0, 0.1) is 0 Å². The first-order valence-electron chi connectivity index (χ1n) is 11.0. The Labute approximate surface area is 202 Å². The van der Waals surface area contributed by atoms with Crippen LogP contribution in [0.15, 0.2) is 45.6 Å². The number of aliphatic imine (C=N–C) groups is 1. The van der Waals surface area contributed by atoms with Crippen molar-refractivity contribution in [2.75, 3.05) is 18.0 Å². The van der Waals surface area contributed by atoms with Crippen LogP contribution in [0.4, 0.5) is 20.5 Å². The molecular weight excluding hydrogens is 474 g/mol. The Morgan fingerprint density at radius 2 is 1.78 bits per heavy atom. The number of nitrogens with zero attached hydrogens (tertiary/aromatic N) is 10. The van der Waals surface area contributed by atoms with E-state index in [-0.39, 0.29) is 17.6 Å². The molecule has 0 amide bonds. The zero-order chi connectivity index (χ0) is 25.8. The van der Waals surface area contributed by atoms with Crippen molar-refractivity contribution in [2.24, 2.45) is 19.1 Å². The summed E-state index contributed by atoms with van der Waals surface area (Å²) in [4.78, 5) is 52.2. The molecule has 1 aliphatic rings. The molecule has 0 aromatic carbocycles. The Morgan fingerprint density at radius 3 is 2.44 bits per heavy atom. The van der Waals surface area contributed by atoms with Crippen molar-refractivity contribution in [3.05, 3.63) is 51.8 Å². The van der Waals surface area contributed by atoms with Gasteiger partial charge in [-0.15, -0.1) is 0 Å². The van der Waals surface area contributed by atoms with E-state index in [0.717, 1.165) is 4.57 Å². The lowest BCUT2D eigenvalue weighted by Gasteiger charge is -2.38. The quantitative estimate of drug-likeness (QED) is 0.380. The third-order valence-corrected chi connectivity index (χ3v) is 6.15. The molecule has 0 N–H and O–H groups in total. The van der Waals surface area contributed by atoms with Gasteiger partial charge in [0, 0.05) is 44.5 Å². The van der Waals surface area contributed by atoms with E-state index in [4.69, 9.17) is 0 Å². The number of aromatic nitrogens is 8. The van der Waals surface area contributed by atoms with Crippen molar-refractivity contribution in [2.45, 2.75) is 25.8 Å².